The van der Waals surface area contributed by atoms with Crippen molar-refractivity contribution in [2.75, 3.05) is 0 Å². The van der Waals surface area contributed by atoms with Crippen molar-refractivity contribution in [3.63, 3.8) is 0 Å². The summed E-state index contributed by atoms with van der Waals surface area (Å²) in [5.41, 5.74) is 3.91. The largest absolute Gasteiger partial charge is 0.353 e. The third-order valence-corrected chi connectivity index (χ3v) is 4.61. The molecular formula is C15H8BrClN2. The van der Waals surface area contributed by atoms with Gasteiger partial charge in [0.05, 0.1) is 21.6 Å². The Morgan fingerprint density at radius 3 is 2.79 bits per heavy atom. The summed E-state index contributed by atoms with van der Waals surface area (Å²) in [6, 6.07) is 14.2. The summed E-state index contributed by atoms with van der Waals surface area (Å²) in [5.74, 6) is 0. The van der Waals surface area contributed by atoms with Gasteiger partial charge in [-0.15, -0.1) is 0 Å². The minimum atomic E-state index is 0.700. The molecule has 19 heavy (non-hydrogen) atoms. The number of hydrogen-bond acceptors (Lipinski definition) is 1. The number of benzene rings is 2. The van der Waals surface area contributed by atoms with Gasteiger partial charge in [0, 0.05) is 20.8 Å². The summed E-state index contributed by atoms with van der Waals surface area (Å²) in [4.78, 5) is 8.10. The number of halogens is 2. The molecule has 2 heterocycles. The molecule has 2 aromatic heterocycles. The zero-order valence-corrected chi connectivity index (χ0v) is 12.1. The second kappa shape index (κ2) is 3.95. The molecule has 0 aliphatic rings. The average molecular weight is 332 g/mol. The van der Waals surface area contributed by atoms with Gasteiger partial charge in [-0.3, -0.25) is 0 Å². The topological polar surface area (TPSA) is 28.7 Å². The van der Waals surface area contributed by atoms with E-state index in [0.717, 1.165) is 37.3 Å². The van der Waals surface area contributed by atoms with Crippen molar-refractivity contribution in [3.05, 3.63) is 52.0 Å². The van der Waals surface area contributed by atoms with Crippen molar-refractivity contribution in [1.29, 1.82) is 0 Å². The number of fused-ring (bicyclic) bond motifs is 4. The van der Waals surface area contributed by atoms with Gasteiger partial charge in [-0.25, -0.2) is 4.98 Å². The molecule has 0 aliphatic carbocycles. The predicted octanol–water partition coefficient (Wildman–Crippen LogP) is 5.29. The molecule has 0 radical (unpaired) electrons. The first kappa shape index (κ1) is 11.3. The first-order valence-electron chi connectivity index (χ1n) is 5.89. The monoisotopic (exact) mass is 330 g/mol. The summed E-state index contributed by atoms with van der Waals surface area (Å²) in [6.45, 7) is 0. The SMILES string of the molecule is Clc1c(Br)ccc2[nH]c3cc4ccccc4nc3c12. The van der Waals surface area contributed by atoms with Crippen LogP contribution >= 0.6 is 27.5 Å². The van der Waals surface area contributed by atoms with E-state index in [1.807, 2.05) is 30.3 Å². The molecule has 2 nitrogen and oxygen atoms in total. The van der Waals surface area contributed by atoms with Gasteiger partial charge in [0.25, 0.3) is 0 Å². The zero-order valence-electron chi connectivity index (χ0n) is 9.74. The highest BCUT2D eigenvalue weighted by Crippen LogP contribution is 2.36. The number of nitrogens with zero attached hydrogens (tertiary/aromatic N) is 1. The normalized spacial score (nSPS) is 11.7. The van der Waals surface area contributed by atoms with Gasteiger partial charge >= 0.3 is 0 Å². The molecule has 0 atom stereocenters. The van der Waals surface area contributed by atoms with Crippen LogP contribution in [0.25, 0.3) is 32.8 Å². The highest BCUT2D eigenvalue weighted by atomic mass is 79.9. The van der Waals surface area contributed by atoms with E-state index in [-0.39, 0.29) is 0 Å². The number of para-hydroxylation sites is 1. The van der Waals surface area contributed by atoms with Crippen molar-refractivity contribution >= 4 is 60.4 Å². The fraction of sp³-hybridized carbons (Fsp3) is 0. The molecule has 2 aromatic carbocycles. The molecule has 4 rings (SSSR count). The van der Waals surface area contributed by atoms with E-state index in [4.69, 9.17) is 16.6 Å². The van der Waals surface area contributed by atoms with Crippen molar-refractivity contribution in [3.8, 4) is 0 Å². The minimum absolute atomic E-state index is 0.700. The molecule has 0 fully saturated rings. The summed E-state index contributed by atoms with van der Waals surface area (Å²) in [7, 11) is 0. The fourth-order valence-electron chi connectivity index (χ4n) is 2.43. The van der Waals surface area contributed by atoms with E-state index in [1.165, 1.54) is 0 Å². The van der Waals surface area contributed by atoms with Gasteiger partial charge in [0.15, 0.2) is 0 Å². The van der Waals surface area contributed by atoms with Crippen LogP contribution in [0.2, 0.25) is 5.02 Å². The van der Waals surface area contributed by atoms with E-state index in [9.17, 15) is 0 Å². The maximum Gasteiger partial charge on any atom is 0.0980 e. The van der Waals surface area contributed by atoms with E-state index in [2.05, 4.69) is 33.0 Å². The maximum atomic E-state index is 6.39. The smallest absolute Gasteiger partial charge is 0.0980 e. The molecule has 0 spiro atoms. The molecule has 92 valence electrons. The average Bonchev–Trinajstić information content (AvgIpc) is 2.78. The van der Waals surface area contributed by atoms with Crippen molar-refractivity contribution in [2.24, 2.45) is 0 Å². The zero-order chi connectivity index (χ0) is 13.0. The molecule has 0 saturated heterocycles. The molecule has 0 bridgehead atoms. The molecule has 0 unspecified atom stereocenters. The van der Waals surface area contributed by atoms with Crippen LogP contribution in [0.15, 0.2) is 46.9 Å². The van der Waals surface area contributed by atoms with E-state index < -0.39 is 0 Å². The predicted molar refractivity (Wildman–Crippen MR) is 83.8 cm³/mol. The van der Waals surface area contributed by atoms with Crippen LogP contribution in [0.5, 0.6) is 0 Å². The molecule has 4 heteroatoms. The number of nitrogens with one attached hydrogen (secondary N) is 1. The Morgan fingerprint density at radius 1 is 1.05 bits per heavy atom. The highest BCUT2D eigenvalue weighted by molar-refractivity contribution is 9.10. The molecule has 0 amide bonds. The van der Waals surface area contributed by atoms with Crippen LogP contribution < -0.4 is 0 Å². The third-order valence-electron chi connectivity index (χ3n) is 3.32. The second-order valence-electron chi connectivity index (χ2n) is 4.49. The summed E-state index contributed by atoms with van der Waals surface area (Å²) >= 11 is 9.85. The second-order valence-corrected chi connectivity index (χ2v) is 5.72. The van der Waals surface area contributed by atoms with Crippen LogP contribution in [-0.4, -0.2) is 9.97 Å². The Balaban J connectivity index is 2.28. The van der Waals surface area contributed by atoms with Gasteiger partial charge < -0.3 is 4.98 Å². The summed E-state index contributed by atoms with van der Waals surface area (Å²) < 4.78 is 0.887. The Labute approximate surface area is 122 Å². The Morgan fingerprint density at radius 2 is 1.89 bits per heavy atom. The number of aromatic amines is 1. The molecule has 1 N–H and O–H groups in total. The van der Waals surface area contributed by atoms with Crippen LogP contribution in [0.1, 0.15) is 0 Å². The number of pyridine rings is 1. The van der Waals surface area contributed by atoms with Gasteiger partial charge in [-0.05, 0) is 40.2 Å². The first-order valence-corrected chi connectivity index (χ1v) is 7.06. The van der Waals surface area contributed by atoms with Crippen molar-refractivity contribution in [2.45, 2.75) is 0 Å². The minimum Gasteiger partial charge on any atom is -0.353 e. The van der Waals surface area contributed by atoms with Gasteiger partial charge in [-0.1, -0.05) is 29.8 Å². The Bertz CT molecular complexity index is 943. The number of hydrogen-bond donors (Lipinski definition) is 1. The van der Waals surface area contributed by atoms with Crippen LogP contribution in [-0.2, 0) is 0 Å². The van der Waals surface area contributed by atoms with Crippen LogP contribution in [0.3, 0.4) is 0 Å². The number of rotatable bonds is 0. The third kappa shape index (κ3) is 1.58. The fourth-order valence-corrected chi connectivity index (χ4v) is 3.02. The standard InChI is InChI=1S/C15H8BrClN2/c16-9-5-6-11-13(14(9)17)15-12(18-11)7-8-3-1-2-4-10(8)19-15/h1-7,18H. The molecule has 0 saturated carbocycles. The molecule has 0 aliphatic heterocycles. The van der Waals surface area contributed by atoms with E-state index in [1.54, 1.807) is 0 Å². The lowest BCUT2D eigenvalue weighted by atomic mass is 10.2. The number of H-pyrrole nitrogens is 1. The Kier molecular flexibility index (Phi) is 2.34. The molecular weight excluding hydrogens is 324 g/mol. The lowest BCUT2D eigenvalue weighted by molar-refractivity contribution is 1.49. The van der Waals surface area contributed by atoms with Gasteiger partial charge in [0.1, 0.15) is 0 Å². The van der Waals surface area contributed by atoms with Gasteiger partial charge in [0.2, 0.25) is 0 Å². The summed E-state index contributed by atoms with van der Waals surface area (Å²) in [5, 5.41) is 2.79. The quantitative estimate of drug-likeness (QED) is 0.466. The Hall–Kier alpha value is -1.58. The lowest BCUT2D eigenvalue weighted by Crippen LogP contribution is -1.80. The summed E-state index contributed by atoms with van der Waals surface area (Å²) in [6.07, 6.45) is 0. The van der Waals surface area contributed by atoms with Crippen molar-refractivity contribution < 1.29 is 0 Å². The maximum absolute atomic E-state index is 6.39. The molecule has 4 aromatic rings. The van der Waals surface area contributed by atoms with Crippen LogP contribution in [0, 0.1) is 0 Å². The first-order chi connectivity index (χ1) is 9.24. The van der Waals surface area contributed by atoms with Gasteiger partial charge in [-0.2, -0.15) is 0 Å². The van der Waals surface area contributed by atoms with E-state index in [0.29, 0.717) is 5.02 Å². The lowest BCUT2D eigenvalue weighted by Gasteiger charge is -1.99. The number of aromatic nitrogens is 2. The van der Waals surface area contributed by atoms with E-state index >= 15 is 0 Å². The van der Waals surface area contributed by atoms with Crippen molar-refractivity contribution in [1.82, 2.24) is 9.97 Å². The highest BCUT2D eigenvalue weighted by Gasteiger charge is 2.12. The van der Waals surface area contributed by atoms with Crippen LogP contribution in [0.4, 0.5) is 0 Å².